The number of amides is 1. The molecule has 0 aliphatic rings. The van der Waals surface area contributed by atoms with Crippen LogP contribution in [0.3, 0.4) is 0 Å². The average molecular weight is 351 g/mol. The number of hydrogen-bond donors (Lipinski definition) is 1. The number of esters is 2. The highest BCUT2D eigenvalue weighted by Crippen LogP contribution is 2.23. The van der Waals surface area contributed by atoms with Crippen LogP contribution in [-0.4, -0.2) is 48.6 Å². The minimum atomic E-state index is -0.659. The van der Waals surface area contributed by atoms with Gasteiger partial charge in [-0.05, 0) is 12.8 Å². The van der Waals surface area contributed by atoms with Gasteiger partial charge >= 0.3 is 11.9 Å². The number of nitrogens with one attached hydrogen (secondary N) is 1. The third-order valence-electron chi connectivity index (χ3n) is 2.29. The number of ether oxygens (including phenoxy) is 2. The minimum Gasteiger partial charge on any atom is -0.466 e. The third-order valence-corrected chi connectivity index (χ3v) is 4.70. The first-order chi connectivity index (χ1) is 10.5. The van der Waals surface area contributed by atoms with Crippen LogP contribution in [0.2, 0.25) is 0 Å². The molecule has 0 aromatic carbocycles. The molecule has 0 rings (SSSR count). The predicted molar refractivity (Wildman–Crippen MR) is 89.6 cm³/mol. The lowest BCUT2D eigenvalue weighted by atomic mass is 10.3. The summed E-state index contributed by atoms with van der Waals surface area (Å²) in [5, 5.41) is 2.58. The highest BCUT2D eigenvalue weighted by atomic mass is 33.1. The summed E-state index contributed by atoms with van der Waals surface area (Å²) in [6.07, 6.45) is 1.88. The number of hydrogen-bond acceptors (Lipinski definition) is 7. The molecule has 22 heavy (non-hydrogen) atoms. The Labute approximate surface area is 139 Å². The van der Waals surface area contributed by atoms with Crippen LogP contribution in [-0.2, 0) is 23.9 Å². The van der Waals surface area contributed by atoms with Gasteiger partial charge in [0.1, 0.15) is 6.04 Å². The fourth-order valence-electron chi connectivity index (χ4n) is 1.31. The van der Waals surface area contributed by atoms with Crippen molar-refractivity contribution in [1.29, 1.82) is 0 Å². The highest BCUT2D eigenvalue weighted by Gasteiger charge is 2.21. The molecule has 0 aliphatic heterocycles. The van der Waals surface area contributed by atoms with Crippen molar-refractivity contribution in [2.45, 2.75) is 46.1 Å². The Morgan fingerprint density at radius 1 is 1.05 bits per heavy atom. The van der Waals surface area contributed by atoms with Gasteiger partial charge in [-0.1, -0.05) is 35.4 Å². The highest BCUT2D eigenvalue weighted by molar-refractivity contribution is 8.76. The Kier molecular flexibility index (Phi) is 13.2. The maximum atomic E-state index is 11.8. The Morgan fingerprint density at radius 2 is 1.68 bits per heavy atom. The number of carbonyl (C=O) groups is 3. The maximum absolute atomic E-state index is 11.8. The summed E-state index contributed by atoms with van der Waals surface area (Å²) in [6.45, 7) is 6.00. The Bertz CT molecular complexity index is 352. The molecule has 128 valence electrons. The summed E-state index contributed by atoms with van der Waals surface area (Å²) >= 11 is 0. The summed E-state index contributed by atoms with van der Waals surface area (Å²) in [4.78, 5) is 34.2. The summed E-state index contributed by atoms with van der Waals surface area (Å²) < 4.78 is 10.0. The molecule has 8 heteroatoms. The van der Waals surface area contributed by atoms with Crippen LogP contribution >= 0.6 is 21.6 Å². The molecule has 6 nitrogen and oxygen atoms in total. The second-order valence-electron chi connectivity index (χ2n) is 4.50. The Morgan fingerprint density at radius 3 is 2.27 bits per heavy atom. The molecule has 0 saturated carbocycles. The van der Waals surface area contributed by atoms with Gasteiger partial charge in [0.15, 0.2) is 0 Å². The molecule has 0 saturated heterocycles. The SMILES string of the molecule is CCCOC(=O)CCSSC[C@H](NC(C)=O)C(=O)OCCC. The molecule has 0 aromatic rings. The van der Waals surface area contributed by atoms with Crippen molar-refractivity contribution in [3.8, 4) is 0 Å². The predicted octanol–water partition coefficient (Wildman–Crippen LogP) is 2.17. The zero-order chi connectivity index (χ0) is 16.8. The van der Waals surface area contributed by atoms with Crippen LogP contribution in [0.1, 0.15) is 40.0 Å². The summed E-state index contributed by atoms with van der Waals surface area (Å²) in [6, 6.07) is -0.659. The van der Waals surface area contributed by atoms with Crippen molar-refractivity contribution < 1.29 is 23.9 Å². The molecule has 1 atom stereocenters. The molecule has 0 aromatic heterocycles. The van der Waals surface area contributed by atoms with Crippen molar-refractivity contribution in [2.24, 2.45) is 0 Å². The van der Waals surface area contributed by atoms with E-state index in [9.17, 15) is 14.4 Å². The average Bonchev–Trinajstić information content (AvgIpc) is 2.48. The fraction of sp³-hybridized carbons (Fsp3) is 0.786. The molecular weight excluding hydrogens is 326 g/mol. The van der Waals surface area contributed by atoms with Crippen LogP contribution in [0.5, 0.6) is 0 Å². The molecule has 0 radical (unpaired) electrons. The quantitative estimate of drug-likeness (QED) is 0.328. The van der Waals surface area contributed by atoms with E-state index >= 15 is 0 Å². The van der Waals surface area contributed by atoms with Crippen molar-refractivity contribution in [3.63, 3.8) is 0 Å². The van der Waals surface area contributed by atoms with E-state index in [0.717, 1.165) is 12.8 Å². The van der Waals surface area contributed by atoms with E-state index in [0.29, 0.717) is 31.1 Å². The summed E-state index contributed by atoms with van der Waals surface area (Å²) in [7, 11) is 2.89. The largest absolute Gasteiger partial charge is 0.466 e. The second-order valence-corrected chi connectivity index (χ2v) is 7.12. The standard InChI is InChI=1S/C14H25NO5S2/c1-4-7-19-13(17)6-9-21-22-10-12(15-11(3)16)14(18)20-8-5-2/h12H,4-10H2,1-3H3,(H,15,16)/t12-/m0/s1. The van der Waals surface area contributed by atoms with E-state index in [4.69, 9.17) is 9.47 Å². The maximum Gasteiger partial charge on any atom is 0.329 e. The molecule has 0 spiro atoms. The topological polar surface area (TPSA) is 81.7 Å². The zero-order valence-corrected chi connectivity index (χ0v) is 15.0. The van der Waals surface area contributed by atoms with Gasteiger partial charge in [0.05, 0.1) is 19.6 Å². The normalized spacial score (nSPS) is 11.6. The monoisotopic (exact) mass is 351 g/mol. The van der Waals surface area contributed by atoms with E-state index in [1.807, 2.05) is 13.8 Å². The molecule has 0 fully saturated rings. The second kappa shape index (κ2) is 13.8. The van der Waals surface area contributed by atoms with Gasteiger partial charge in [-0.25, -0.2) is 4.79 Å². The lowest BCUT2D eigenvalue weighted by molar-refractivity contribution is -0.147. The van der Waals surface area contributed by atoms with Crippen molar-refractivity contribution in [1.82, 2.24) is 5.32 Å². The number of carbonyl (C=O) groups excluding carboxylic acids is 3. The molecule has 0 unspecified atom stereocenters. The first-order valence-electron chi connectivity index (χ1n) is 7.35. The van der Waals surface area contributed by atoms with E-state index in [1.165, 1.54) is 28.5 Å². The van der Waals surface area contributed by atoms with Crippen molar-refractivity contribution in [3.05, 3.63) is 0 Å². The molecule has 1 N–H and O–H groups in total. The molecule has 0 bridgehead atoms. The minimum absolute atomic E-state index is 0.212. The number of rotatable bonds is 12. The zero-order valence-electron chi connectivity index (χ0n) is 13.4. The van der Waals surface area contributed by atoms with Crippen LogP contribution in [0.4, 0.5) is 0 Å². The lowest BCUT2D eigenvalue weighted by Gasteiger charge is -2.15. The van der Waals surface area contributed by atoms with Crippen LogP contribution in [0.15, 0.2) is 0 Å². The van der Waals surface area contributed by atoms with Gasteiger partial charge in [0.25, 0.3) is 0 Å². The Balaban J connectivity index is 3.95. The van der Waals surface area contributed by atoms with E-state index in [-0.39, 0.29) is 11.9 Å². The van der Waals surface area contributed by atoms with Gasteiger partial charge in [-0.15, -0.1) is 0 Å². The van der Waals surface area contributed by atoms with Crippen LogP contribution in [0, 0.1) is 0 Å². The van der Waals surface area contributed by atoms with E-state index in [1.54, 1.807) is 0 Å². The summed E-state index contributed by atoms with van der Waals surface area (Å²) in [5.41, 5.74) is 0. The Hall–Kier alpha value is -0.890. The van der Waals surface area contributed by atoms with Crippen LogP contribution < -0.4 is 5.32 Å². The molecule has 1 amide bonds. The van der Waals surface area contributed by atoms with Crippen LogP contribution in [0.25, 0.3) is 0 Å². The van der Waals surface area contributed by atoms with E-state index in [2.05, 4.69) is 5.32 Å². The first-order valence-corrected chi connectivity index (χ1v) is 9.83. The van der Waals surface area contributed by atoms with Gasteiger partial charge in [-0.3, -0.25) is 9.59 Å². The van der Waals surface area contributed by atoms with Crippen molar-refractivity contribution >= 4 is 39.4 Å². The smallest absolute Gasteiger partial charge is 0.329 e. The van der Waals surface area contributed by atoms with Gasteiger partial charge in [0.2, 0.25) is 5.91 Å². The van der Waals surface area contributed by atoms with Gasteiger partial charge < -0.3 is 14.8 Å². The van der Waals surface area contributed by atoms with E-state index < -0.39 is 12.0 Å². The van der Waals surface area contributed by atoms with Crippen molar-refractivity contribution in [2.75, 3.05) is 24.7 Å². The van der Waals surface area contributed by atoms with Gasteiger partial charge in [-0.2, -0.15) is 0 Å². The van der Waals surface area contributed by atoms with Gasteiger partial charge in [0, 0.05) is 18.4 Å². The summed E-state index contributed by atoms with van der Waals surface area (Å²) in [5.74, 6) is 0.0938. The molecule has 0 heterocycles. The molecule has 0 aliphatic carbocycles. The molecular formula is C14H25NO5S2. The first kappa shape index (κ1) is 21.1. The fourth-order valence-corrected chi connectivity index (χ4v) is 3.43. The third kappa shape index (κ3) is 11.7. The lowest BCUT2D eigenvalue weighted by Crippen LogP contribution is -2.42.